The lowest BCUT2D eigenvalue weighted by Gasteiger charge is -2.45. The fourth-order valence-corrected chi connectivity index (χ4v) is 8.09. The van der Waals surface area contributed by atoms with E-state index in [1.165, 1.54) is 57.8 Å². The molecule has 1 aliphatic carbocycles. The SMILES string of the molecule is O=C(O)C1CCN(CCNc2nc3ccccc3n(C3C[C@H]4CC[C@@H](C3)N4C3CCCCCCC3)c2=O)CC1. The summed E-state index contributed by atoms with van der Waals surface area (Å²) in [5, 5.41) is 12.6. The van der Waals surface area contributed by atoms with Gasteiger partial charge in [-0.05, 0) is 76.6 Å². The second kappa shape index (κ2) is 12.0. The molecule has 4 aliphatic rings. The van der Waals surface area contributed by atoms with E-state index in [1.807, 2.05) is 18.2 Å². The molecule has 1 unspecified atom stereocenters. The number of fused-ring (bicyclic) bond motifs is 3. The molecule has 6 rings (SSSR count). The van der Waals surface area contributed by atoms with Gasteiger partial charge in [0.15, 0.2) is 5.82 Å². The number of hydrogen-bond acceptors (Lipinski definition) is 6. The van der Waals surface area contributed by atoms with Gasteiger partial charge in [0.05, 0.1) is 17.0 Å². The lowest BCUT2D eigenvalue weighted by molar-refractivity contribution is -0.143. The van der Waals surface area contributed by atoms with Crippen LogP contribution in [0.4, 0.5) is 5.82 Å². The van der Waals surface area contributed by atoms with Crippen LogP contribution in [0.3, 0.4) is 0 Å². The van der Waals surface area contributed by atoms with Gasteiger partial charge in [-0.2, -0.15) is 0 Å². The summed E-state index contributed by atoms with van der Waals surface area (Å²) < 4.78 is 2.07. The van der Waals surface area contributed by atoms with Crippen LogP contribution in [-0.4, -0.2) is 74.7 Å². The predicted molar refractivity (Wildman–Crippen MR) is 154 cm³/mol. The maximum atomic E-state index is 13.9. The van der Waals surface area contributed by atoms with Gasteiger partial charge in [0, 0.05) is 37.3 Å². The van der Waals surface area contributed by atoms with Crippen LogP contribution in [0.5, 0.6) is 0 Å². The number of nitrogens with zero attached hydrogens (tertiary/aromatic N) is 4. The van der Waals surface area contributed by atoms with Crippen LogP contribution in [0.2, 0.25) is 0 Å². The highest BCUT2D eigenvalue weighted by Gasteiger charge is 2.44. The fraction of sp³-hybridized carbons (Fsp3) is 0.710. The number of piperidine rings is 2. The van der Waals surface area contributed by atoms with Gasteiger partial charge in [-0.25, -0.2) is 4.98 Å². The van der Waals surface area contributed by atoms with Crippen molar-refractivity contribution in [1.82, 2.24) is 19.4 Å². The van der Waals surface area contributed by atoms with Crippen LogP contribution in [0.25, 0.3) is 11.0 Å². The van der Waals surface area contributed by atoms with Crippen LogP contribution in [0.15, 0.2) is 29.1 Å². The largest absolute Gasteiger partial charge is 0.481 e. The molecule has 4 fully saturated rings. The average molecular weight is 536 g/mol. The third-order valence-electron chi connectivity index (χ3n) is 10.1. The Morgan fingerprint density at radius 2 is 1.54 bits per heavy atom. The van der Waals surface area contributed by atoms with Crippen molar-refractivity contribution in [2.24, 2.45) is 5.92 Å². The molecule has 3 saturated heterocycles. The highest BCUT2D eigenvalue weighted by atomic mass is 16.4. The molecule has 3 aliphatic heterocycles. The number of para-hydroxylation sites is 2. The summed E-state index contributed by atoms with van der Waals surface area (Å²) in [7, 11) is 0. The Morgan fingerprint density at radius 3 is 2.23 bits per heavy atom. The molecule has 1 aromatic carbocycles. The van der Waals surface area contributed by atoms with E-state index in [0.29, 0.717) is 37.3 Å². The molecule has 8 nitrogen and oxygen atoms in total. The third-order valence-corrected chi connectivity index (χ3v) is 10.1. The zero-order chi connectivity index (χ0) is 26.8. The summed E-state index contributed by atoms with van der Waals surface area (Å²) in [5.74, 6) is -0.459. The topological polar surface area (TPSA) is 90.7 Å². The van der Waals surface area contributed by atoms with Crippen molar-refractivity contribution in [3.05, 3.63) is 34.6 Å². The summed E-state index contributed by atoms with van der Waals surface area (Å²) in [5.41, 5.74) is 1.83. The Bertz CT molecular complexity index is 1180. The number of carboxylic acid groups (broad SMARTS) is 1. The summed E-state index contributed by atoms with van der Waals surface area (Å²) in [4.78, 5) is 35.1. The summed E-state index contributed by atoms with van der Waals surface area (Å²) in [6.07, 6.45) is 15.6. The van der Waals surface area contributed by atoms with Gasteiger partial charge >= 0.3 is 5.97 Å². The van der Waals surface area contributed by atoms with E-state index in [-0.39, 0.29) is 17.5 Å². The summed E-state index contributed by atoms with van der Waals surface area (Å²) >= 11 is 0. The Morgan fingerprint density at radius 1 is 0.872 bits per heavy atom. The molecular formula is C31H45N5O3. The zero-order valence-electron chi connectivity index (χ0n) is 23.3. The van der Waals surface area contributed by atoms with Gasteiger partial charge in [-0.15, -0.1) is 0 Å². The van der Waals surface area contributed by atoms with Crippen LogP contribution >= 0.6 is 0 Å². The first-order valence-corrected chi connectivity index (χ1v) is 15.6. The number of rotatable bonds is 7. The van der Waals surface area contributed by atoms with Gasteiger partial charge in [0.25, 0.3) is 5.56 Å². The van der Waals surface area contributed by atoms with Gasteiger partial charge in [-0.1, -0.05) is 44.2 Å². The van der Waals surface area contributed by atoms with E-state index in [0.717, 1.165) is 49.6 Å². The molecule has 1 aromatic heterocycles. The standard InChI is InChI=1S/C31H45N5O3/c37-30-29(32-16-19-34-17-14-22(15-18-34)31(38)39)33-27-10-6-7-11-28(27)36(30)26-20-24-12-13-25(21-26)35(24)23-8-4-2-1-3-5-9-23/h6-7,10-11,22-26H,1-5,8-9,12-21H2,(H,32,33)(H,38,39)/t24-,25+,26?. The molecule has 212 valence electrons. The Balaban J connectivity index is 1.17. The molecule has 8 heteroatoms. The molecule has 0 amide bonds. The average Bonchev–Trinajstić information content (AvgIpc) is 3.18. The van der Waals surface area contributed by atoms with Crippen molar-refractivity contribution in [2.75, 3.05) is 31.5 Å². The Labute approximate surface area is 231 Å². The summed E-state index contributed by atoms with van der Waals surface area (Å²) in [6.45, 7) is 2.99. The van der Waals surface area contributed by atoms with E-state index in [1.54, 1.807) is 0 Å². The van der Waals surface area contributed by atoms with Crippen LogP contribution in [-0.2, 0) is 4.79 Å². The molecule has 2 N–H and O–H groups in total. The first kappa shape index (κ1) is 26.8. The molecule has 1 saturated carbocycles. The second-order valence-electron chi connectivity index (χ2n) is 12.5. The van der Waals surface area contributed by atoms with E-state index < -0.39 is 5.97 Å². The van der Waals surface area contributed by atoms with Crippen molar-refractivity contribution in [3.63, 3.8) is 0 Å². The van der Waals surface area contributed by atoms with Gasteiger partial charge < -0.3 is 19.9 Å². The number of nitrogens with one attached hydrogen (secondary N) is 1. The number of hydrogen-bond donors (Lipinski definition) is 2. The quantitative estimate of drug-likeness (QED) is 0.522. The highest BCUT2D eigenvalue weighted by Crippen LogP contribution is 2.44. The molecule has 39 heavy (non-hydrogen) atoms. The van der Waals surface area contributed by atoms with Crippen molar-refractivity contribution >= 4 is 22.8 Å². The van der Waals surface area contributed by atoms with E-state index in [2.05, 4.69) is 25.8 Å². The lowest BCUT2D eigenvalue weighted by atomic mass is 9.89. The third kappa shape index (κ3) is 5.73. The zero-order valence-corrected chi connectivity index (χ0v) is 23.3. The fourth-order valence-electron chi connectivity index (χ4n) is 8.09. The monoisotopic (exact) mass is 535 g/mol. The van der Waals surface area contributed by atoms with Crippen molar-refractivity contribution in [2.45, 2.75) is 108 Å². The van der Waals surface area contributed by atoms with Gasteiger partial charge in [0.1, 0.15) is 0 Å². The number of likely N-dealkylation sites (tertiary alicyclic amines) is 1. The molecule has 2 bridgehead atoms. The number of benzene rings is 1. The lowest BCUT2D eigenvalue weighted by Crippen LogP contribution is -2.50. The molecule has 3 atom stereocenters. The van der Waals surface area contributed by atoms with E-state index in [4.69, 9.17) is 4.98 Å². The molecular weight excluding hydrogens is 490 g/mol. The van der Waals surface area contributed by atoms with Crippen LogP contribution < -0.4 is 10.9 Å². The Kier molecular flexibility index (Phi) is 8.21. The minimum atomic E-state index is -0.683. The Hall–Kier alpha value is -2.45. The number of aromatic nitrogens is 2. The first-order valence-electron chi connectivity index (χ1n) is 15.6. The maximum absolute atomic E-state index is 13.9. The minimum Gasteiger partial charge on any atom is -0.481 e. The molecule has 2 aromatic rings. The number of carboxylic acids is 1. The first-order chi connectivity index (χ1) is 19.1. The van der Waals surface area contributed by atoms with Crippen molar-refractivity contribution in [1.29, 1.82) is 0 Å². The predicted octanol–water partition coefficient (Wildman–Crippen LogP) is 4.89. The van der Waals surface area contributed by atoms with Crippen LogP contribution in [0, 0.1) is 5.92 Å². The smallest absolute Gasteiger partial charge is 0.306 e. The maximum Gasteiger partial charge on any atom is 0.306 e. The number of anilines is 1. The van der Waals surface area contributed by atoms with Gasteiger partial charge in [0.2, 0.25) is 0 Å². The minimum absolute atomic E-state index is 0.00193. The van der Waals surface area contributed by atoms with Crippen molar-refractivity contribution < 1.29 is 9.90 Å². The van der Waals surface area contributed by atoms with Crippen molar-refractivity contribution in [3.8, 4) is 0 Å². The molecule has 4 heterocycles. The van der Waals surface area contributed by atoms with E-state index in [9.17, 15) is 14.7 Å². The number of carbonyl (C=O) groups is 1. The number of aliphatic carboxylic acids is 1. The highest BCUT2D eigenvalue weighted by molar-refractivity contribution is 5.76. The normalized spacial score (nSPS) is 27.8. The van der Waals surface area contributed by atoms with E-state index >= 15 is 0 Å². The summed E-state index contributed by atoms with van der Waals surface area (Å²) in [6, 6.07) is 10.2. The molecule has 0 radical (unpaired) electrons. The van der Waals surface area contributed by atoms with Gasteiger partial charge in [-0.3, -0.25) is 14.5 Å². The van der Waals surface area contributed by atoms with Crippen LogP contribution in [0.1, 0.15) is 89.5 Å². The molecule has 0 spiro atoms. The second-order valence-corrected chi connectivity index (χ2v) is 12.5.